The highest BCUT2D eigenvalue weighted by molar-refractivity contribution is 6.05. The van der Waals surface area contributed by atoms with E-state index in [-0.39, 0.29) is 18.5 Å². The van der Waals surface area contributed by atoms with Gasteiger partial charge in [0.15, 0.2) is 0 Å². The van der Waals surface area contributed by atoms with Crippen molar-refractivity contribution in [3.8, 4) is 17.0 Å². The molecule has 7 rings (SSSR count). The number of carbonyl (C=O) groups excluding carboxylic acids is 1. The summed E-state index contributed by atoms with van der Waals surface area (Å²) in [4.78, 5) is 31.8. The average molecular weight is 644 g/mol. The van der Waals surface area contributed by atoms with E-state index in [2.05, 4.69) is 54.8 Å². The van der Waals surface area contributed by atoms with Crippen LogP contribution in [0.4, 0.5) is 20.4 Å². The van der Waals surface area contributed by atoms with E-state index in [4.69, 9.17) is 9.72 Å². The minimum Gasteiger partial charge on any atom is -0.493 e. The molecule has 0 saturated carbocycles. The fourth-order valence-corrected chi connectivity index (χ4v) is 7.55. The Bertz CT molecular complexity index is 1760. The molecule has 9 nitrogen and oxygen atoms in total. The molecule has 0 aliphatic carbocycles. The van der Waals surface area contributed by atoms with Crippen LogP contribution >= 0.6 is 0 Å². The summed E-state index contributed by atoms with van der Waals surface area (Å²) in [5, 5.41) is 3.10. The van der Waals surface area contributed by atoms with Gasteiger partial charge in [0.1, 0.15) is 12.4 Å². The highest BCUT2D eigenvalue weighted by atomic mass is 19.1. The fourth-order valence-electron chi connectivity index (χ4n) is 7.55. The highest BCUT2D eigenvalue weighted by Crippen LogP contribution is 2.42. The van der Waals surface area contributed by atoms with Gasteiger partial charge in [-0.05, 0) is 100 Å². The van der Waals surface area contributed by atoms with E-state index < -0.39 is 5.95 Å². The van der Waals surface area contributed by atoms with Crippen LogP contribution in [0.1, 0.15) is 61.5 Å². The maximum atomic E-state index is 14.1. The van der Waals surface area contributed by atoms with Gasteiger partial charge in [0, 0.05) is 55.4 Å². The molecule has 248 valence electrons. The number of nitrogens with one attached hydrogen (secondary N) is 1. The number of likely N-dealkylation sites (tertiary alicyclic amines) is 1. The van der Waals surface area contributed by atoms with E-state index in [0.29, 0.717) is 59.3 Å². The number of alkyl halides is 1. The number of fused-ring (bicyclic) bond motifs is 7. The number of hydrogen-bond donors (Lipinski definition) is 1. The van der Waals surface area contributed by atoms with Crippen molar-refractivity contribution < 1.29 is 18.3 Å². The monoisotopic (exact) mass is 643 g/mol. The zero-order valence-corrected chi connectivity index (χ0v) is 27.3. The molecular formula is C36H43F2N7O2. The Balaban J connectivity index is 1.17. The molecular weight excluding hydrogens is 600 g/mol. The number of amides is 1. The Kier molecular flexibility index (Phi) is 8.83. The van der Waals surface area contributed by atoms with Gasteiger partial charge >= 0.3 is 0 Å². The van der Waals surface area contributed by atoms with Crippen LogP contribution in [0.25, 0.3) is 22.3 Å². The normalized spacial score (nSPS) is 20.6. The van der Waals surface area contributed by atoms with Crippen LogP contribution in [-0.2, 0) is 6.54 Å². The van der Waals surface area contributed by atoms with Gasteiger partial charge in [-0.2, -0.15) is 4.39 Å². The lowest BCUT2D eigenvalue weighted by molar-refractivity contribution is 0.0764. The fraction of sp³-hybridized carbons (Fsp3) is 0.500. The molecule has 2 bridgehead atoms. The van der Waals surface area contributed by atoms with Gasteiger partial charge in [0.2, 0.25) is 11.9 Å². The second-order valence-electron chi connectivity index (χ2n) is 13.7. The number of ether oxygens (including phenoxy) is 1. The van der Waals surface area contributed by atoms with Crippen molar-refractivity contribution >= 4 is 28.6 Å². The maximum Gasteiger partial charge on any atom is 0.258 e. The molecule has 3 aliphatic rings. The van der Waals surface area contributed by atoms with Crippen molar-refractivity contribution in [2.75, 3.05) is 56.2 Å². The summed E-state index contributed by atoms with van der Waals surface area (Å²) in [6.45, 7) is 9.38. The second-order valence-corrected chi connectivity index (χ2v) is 13.7. The Morgan fingerprint density at radius 2 is 1.83 bits per heavy atom. The molecule has 0 radical (unpaired) electrons. The largest absolute Gasteiger partial charge is 0.493 e. The molecule has 1 amide bonds. The van der Waals surface area contributed by atoms with Gasteiger partial charge in [0.05, 0.1) is 28.9 Å². The molecule has 3 aromatic heterocycles. The summed E-state index contributed by atoms with van der Waals surface area (Å²) in [7, 11) is 0. The number of halogens is 2. The molecule has 2 saturated heterocycles. The first-order valence-corrected chi connectivity index (χ1v) is 16.9. The van der Waals surface area contributed by atoms with E-state index in [0.717, 1.165) is 75.7 Å². The summed E-state index contributed by atoms with van der Waals surface area (Å²) in [5.41, 5.74) is 5.46. The minimum absolute atomic E-state index is 0.261. The Labute approximate surface area is 274 Å². The van der Waals surface area contributed by atoms with Crippen LogP contribution in [0.5, 0.6) is 5.75 Å². The molecule has 3 aliphatic heterocycles. The zero-order valence-electron chi connectivity index (χ0n) is 27.3. The van der Waals surface area contributed by atoms with E-state index in [1.54, 1.807) is 12.1 Å². The molecule has 1 aromatic carbocycles. The summed E-state index contributed by atoms with van der Waals surface area (Å²) < 4.78 is 35.2. The number of pyridine rings is 2. The number of piperidine rings is 2. The number of benzene rings is 1. The molecule has 1 atom stereocenters. The van der Waals surface area contributed by atoms with Gasteiger partial charge in [0.25, 0.3) is 5.91 Å². The molecule has 0 unspecified atom stereocenters. The SMILES string of the molecule is Cc1cc2cc(n1)-c1cnc(F)cc1OCCC[C@@H](C)Cn1c(nc3ccc(N4CCC5(CCN(CCF)CC5)CC4)cc31)NC2=O. The topological polar surface area (TPSA) is 88.4 Å². The average Bonchev–Trinajstić information content (AvgIpc) is 3.39. The minimum atomic E-state index is -0.628. The van der Waals surface area contributed by atoms with Crippen molar-refractivity contribution in [2.24, 2.45) is 11.3 Å². The van der Waals surface area contributed by atoms with Crippen LogP contribution < -0.4 is 15.0 Å². The maximum absolute atomic E-state index is 14.1. The van der Waals surface area contributed by atoms with Crippen molar-refractivity contribution in [1.82, 2.24) is 24.4 Å². The Morgan fingerprint density at radius 3 is 2.62 bits per heavy atom. The van der Waals surface area contributed by atoms with Crippen LogP contribution in [0.3, 0.4) is 0 Å². The van der Waals surface area contributed by atoms with E-state index in [1.165, 1.54) is 18.0 Å². The van der Waals surface area contributed by atoms with Crippen molar-refractivity contribution in [2.45, 2.75) is 58.9 Å². The number of imidazole rings is 1. The smallest absolute Gasteiger partial charge is 0.258 e. The third kappa shape index (κ3) is 6.68. The third-order valence-corrected chi connectivity index (χ3v) is 10.4. The first-order chi connectivity index (χ1) is 22.8. The van der Waals surface area contributed by atoms with Crippen molar-refractivity contribution in [1.29, 1.82) is 0 Å². The number of nitrogens with zero attached hydrogens (tertiary/aromatic N) is 6. The van der Waals surface area contributed by atoms with Crippen LogP contribution in [0, 0.1) is 24.2 Å². The van der Waals surface area contributed by atoms with Crippen molar-refractivity contribution in [3.05, 3.63) is 59.8 Å². The number of hydrogen-bond acceptors (Lipinski definition) is 7. The molecule has 11 heteroatoms. The number of aryl methyl sites for hydroxylation is 1. The van der Waals surface area contributed by atoms with E-state index >= 15 is 0 Å². The van der Waals surface area contributed by atoms with Crippen LogP contribution in [0.15, 0.2) is 42.6 Å². The number of carbonyl (C=O) groups is 1. The zero-order chi connectivity index (χ0) is 32.5. The lowest BCUT2D eigenvalue weighted by atomic mass is 9.71. The number of anilines is 2. The summed E-state index contributed by atoms with van der Waals surface area (Å²) in [6, 6.07) is 11.1. The lowest BCUT2D eigenvalue weighted by Crippen LogP contribution is -2.47. The molecule has 47 heavy (non-hydrogen) atoms. The Hall–Kier alpha value is -4.12. The second kappa shape index (κ2) is 13.2. The number of aromatic nitrogens is 4. The van der Waals surface area contributed by atoms with Gasteiger partial charge in [-0.25, -0.2) is 14.4 Å². The van der Waals surface area contributed by atoms with Crippen molar-refractivity contribution in [3.63, 3.8) is 0 Å². The molecule has 4 aromatic rings. The first kappa shape index (κ1) is 31.5. The Morgan fingerprint density at radius 1 is 1.04 bits per heavy atom. The lowest BCUT2D eigenvalue weighted by Gasteiger charge is -2.47. The van der Waals surface area contributed by atoms with Gasteiger partial charge in [-0.15, -0.1) is 0 Å². The number of rotatable bonds is 3. The van der Waals surface area contributed by atoms with Gasteiger partial charge < -0.3 is 19.1 Å². The quantitative estimate of drug-likeness (QED) is 0.250. The van der Waals surface area contributed by atoms with E-state index in [9.17, 15) is 13.6 Å². The van der Waals surface area contributed by atoms with Gasteiger partial charge in [-0.1, -0.05) is 6.92 Å². The molecule has 2 fully saturated rings. The first-order valence-electron chi connectivity index (χ1n) is 16.9. The van der Waals surface area contributed by atoms with E-state index in [1.807, 2.05) is 6.92 Å². The molecule has 1 N–H and O–H groups in total. The van der Waals surface area contributed by atoms with Gasteiger partial charge in [-0.3, -0.25) is 15.1 Å². The van der Waals surface area contributed by atoms with Crippen LogP contribution in [0.2, 0.25) is 0 Å². The standard InChI is InChI=1S/C36H43F2N7O2/c1-24-4-3-17-47-32-21-33(38)39-22-28(32)30-19-26(18-25(2)40-30)34(46)42-35-41-29-6-5-27(20-31(29)45(35)23-24)44-14-9-36(10-15-44)7-12-43(13-8-36)16-11-37/h5-6,18-22,24H,3-4,7-17,23H2,1-2H3,(H,41,42,46)/t24-/m1/s1. The predicted molar refractivity (Wildman–Crippen MR) is 179 cm³/mol. The highest BCUT2D eigenvalue weighted by Gasteiger charge is 2.37. The van der Waals surface area contributed by atoms with Crippen LogP contribution in [-0.4, -0.2) is 76.3 Å². The molecule has 1 spiro atoms. The summed E-state index contributed by atoms with van der Waals surface area (Å²) in [6.07, 6.45) is 7.65. The predicted octanol–water partition coefficient (Wildman–Crippen LogP) is 6.65. The summed E-state index contributed by atoms with van der Waals surface area (Å²) in [5.74, 6) is 0.209. The summed E-state index contributed by atoms with van der Waals surface area (Å²) >= 11 is 0. The third-order valence-electron chi connectivity index (χ3n) is 10.4. The molecule has 6 heterocycles.